The summed E-state index contributed by atoms with van der Waals surface area (Å²) < 4.78 is 28.8. The second kappa shape index (κ2) is 4.52. The average Bonchev–Trinajstić information content (AvgIpc) is 2.83. The van der Waals surface area contributed by atoms with Gasteiger partial charge in [0.25, 0.3) is 0 Å². The van der Waals surface area contributed by atoms with Crippen molar-refractivity contribution in [2.45, 2.75) is 6.17 Å². The van der Waals surface area contributed by atoms with Crippen molar-refractivity contribution >= 4 is 22.9 Å². The quantitative estimate of drug-likeness (QED) is 0.725. The normalized spacial score (nSPS) is 17.0. The van der Waals surface area contributed by atoms with Gasteiger partial charge in [-0.3, -0.25) is 9.88 Å². The van der Waals surface area contributed by atoms with E-state index in [9.17, 15) is 8.78 Å². The monoisotopic (exact) mass is 299 g/mol. The molecule has 1 aromatic heterocycles. The van der Waals surface area contributed by atoms with Crippen LogP contribution < -0.4 is 11.1 Å². The summed E-state index contributed by atoms with van der Waals surface area (Å²) >= 11 is 0. The number of hydrogen-bond donors (Lipinski definition) is 2. The Morgan fingerprint density at radius 3 is 2.59 bits per heavy atom. The van der Waals surface area contributed by atoms with Gasteiger partial charge in [0.2, 0.25) is 5.95 Å². The first-order chi connectivity index (χ1) is 10.6. The predicted octanol–water partition coefficient (Wildman–Crippen LogP) is 2.60. The molecule has 0 saturated heterocycles. The van der Waals surface area contributed by atoms with Crippen molar-refractivity contribution in [1.29, 1.82) is 0 Å². The Kier molecular flexibility index (Phi) is 2.62. The van der Waals surface area contributed by atoms with Crippen LogP contribution in [0.2, 0.25) is 0 Å². The van der Waals surface area contributed by atoms with Crippen molar-refractivity contribution < 1.29 is 8.78 Å². The number of fused-ring (bicyclic) bond motifs is 3. The van der Waals surface area contributed by atoms with Crippen LogP contribution in [-0.2, 0) is 0 Å². The van der Waals surface area contributed by atoms with Gasteiger partial charge in [-0.25, -0.2) is 18.8 Å². The molecule has 22 heavy (non-hydrogen) atoms. The molecule has 5 nitrogen and oxygen atoms in total. The second-order valence-electron chi connectivity index (χ2n) is 5.01. The molecule has 1 atom stereocenters. The van der Waals surface area contributed by atoms with E-state index >= 15 is 0 Å². The maximum Gasteiger partial charge on any atom is 0.212 e. The van der Waals surface area contributed by atoms with E-state index in [4.69, 9.17) is 5.73 Å². The molecule has 4 rings (SSSR count). The maximum atomic E-state index is 13.5. The highest BCUT2D eigenvalue weighted by Crippen LogP contribution is 2.32. The molecule has 0 spiro atoms. The Hall–Kier alpha value is -2.96. The molecule has 2 heterocycles. The topological polar surface area (TPSA) is 68.2 Å². The van der Waals surface area contributed by atoms with Crippen LogP contribution in [-0.4, -0.2) is 15.5 Å². The molecule has 0 unspecified atom stereocenters. The number of nitrogens with zero attached hydrogens (tertiary/aromatic N) is 3. The number of benzene rings is 2. The highest BCUT2D eigenvalue weighted by Gasteiger charge is 2.25. The number of aromatic nitrogens is 2. The summed E-state index contributed by atoms with van der Waals surface area (Å²) in [5.74, 6) is -0.678. The van der Waals surface area contributed by atoms with Crippen LogP contribution in [0.3, 0.4) is 0 Å². The molecule has 0 aliphatic carbocycles. The highest BCUT2D eigenvalue weighted by atomic mass is 19.1. The van der Waals surface area contributed by atoms with Crippen LogP contribution >= 0.6 is 0 Å². The number of para-hydroxylation sites is 2. The van der Waals surface area contributed by atoms with E-state index < -0.39 is 17.8 Å². The third kappa shape index (κ3) is 1.90. The molecule has 3 N–H and O–H groups in total. The summed E-state index contributed by atoms with van der Waals surface area (Å²) in [4.78, 5) is 8.70. The summed E-state index contributed by atoms with van der Waals surface area (Å²) in [6, 6.07) is 10.8. The van der Waals surface area contributed by atoms with Gasteiger partial charge in [-0.1, -0.05) is 12.1 Å². The molecule has 3 aromatic rings. The van der Waals surface area contributed by atoms with Crippen LogP contribution in [0.15, 0.2) is 47.5 Å². The van der Waals surface area contributed by atoms with Crippen molar-refractivity contribution in [3.05, 3.63) is 59.7 Å². The van der Waals surface area contributed by atoms with Crippen LogP contribution in [0.25, 0.3) is 11.0 Å². The second-order valence-corrected chi connectivity index (χ2v) is 5.01. The van der Waals surface area contributed by atoms with Gasteiger partial charge >= 0.3 is 0 Å². The van der Waals surface area contributed by atoms with Gasteiger partial charge in [-0.05, 0) is 24.3 Å². The molecule has 0 fully saturated rings. The van der Waals surface area contributed by atoms with Crippen LogP contribution in [0.1, 0.15) is 11.7 Å². The first-order valence-corrected chi connectivity index (χ1v) is 6.65. The molecule has 0 saturated carbocycles. The third-order valence-electron chi connectivity index (χ3n) is 3.52. The SMILES string of the molecule is NC1=N[C@@H](c2cc(F)cc(F)c2)n2c(nc3ccccc32)N1. The first-order valence-electron chi connectivity index (χ1n) is 6.65. The molecule has 110 valence electrons. The number of imidazole rings is 1. The van der Waals surface area contributed by atoms with E-state index in [0.29, 0.717) is 11.5 Å². The largest absolute Gasteiger partial charge is 0.370 e. The number of hydrogen-bond acceptors (Lipinski definition) is 4. The predicted molar refractivity (Wildman–Crippen MR) is 79.5 cm³/mol. The molecule has 1 aliphatic rings. The van der Waals surface area contributed by atoms with Gasteiger partial charge in [0.05, 0.1) is 11.0 Å². The van der Waals surface area contributed by atoms with Crippen molar-refractivity contribution in [3.63, 3.8) is 0 Å². The fourth-order valence-corrected chi connectivity index (χ4v) is 2.66. The van der Waals surface area contributed by atoms with Crippen molar-refractivity contribution in [1.82, 2.24) is 9.55 Å². The number of nitrogens with two attached hydrogens (primary N) is 1. The Labute approximate surface area is 124 Å². The van der Waals surface area contributed by atoms with E-state index in [2.05, 4.69) is 15.3 Å². The van der Waals surface area contributed by atoms with E-state index in [0.717, 1.165) is 17.1 Å². The Bertz CT molecular complexity index is 895. The lowest BCUT2D eigenvalue weighted by Gasteiger charge is -2.23. The van der Waals surface area contributed by atoms with Gasteiger partial charge in [0, 0.05) is 11.6 Å². The lowest BCUT2D eigenvalue weighted by Crippen LogP contribution is -2.31. The Morgan fingerprint density at radius 2 is 1.82 bits per heavy atom. The van der Waals surface area contributed by atoms with E-state index in [1.54, 1.807) is 4.57 Å². The minimum absolute atomic E-state index is 0.150. The van der Waals surface area contributed by atoms with Crippen molar-refractivity contribution in [3.8, 4) is 0 Å². The van der Waals surface area contributed by atoms with Crippen LogP contribution in [0.4, 0.5) is 14.7 Å². The zero-order valence-corrected chi connectivity index (χ0v) is 11.3. The summed E-state index contributed by atoms with van der Waals surface area (Å²) in [6.07, 6.45) is -0.672. The van der Waals surface area contributed by atoms with Crippen molar-refractivity contribution in [2.24, 2.45) is 10.7 Å². The van der Waals surface area contributed by atoms with E-state index in [1.807, 2.05) is 24.3 Å². The molecule has 2 aromatic carbocycles. The lowest BCUT2D eigenvalue weighted by molar-refractivity contribution is 0.561. The Morgan fingerprint density at radius 1 is 1.09 bits per heavy atom. The van der Waals surface area contributed by atoms with Gasteiger partial charge in [0.15, 0.2) is 12.1 Å². The molecule has 7 heteroatoms. The van der Waals surface area contributed by atoms with Crippen LogP contribution in [0.5, 0.6) is 0 Å². The molecule has 1 aliphatic heterocycles. The average molecular weight is 299 g/mol. The van der Waals surface area contributed by atoms with E-state index in [1.165, 1.54) is 12.1 Å². The highest BCUT2D eigenvalue weighted by molar-refractivity contribution is 5.94. The van der Waals surface area contributed by atoms with Gasteiger partial charge in [-0.15, -0.1) is 0 Å². The number of guanidine groups is 1. The van der Waals surface area contributed by atoms with Crippen LogP contribution in [0, 0.1) is 11.6 Å². The molecule has 0 bridgehead atoms. The summed E-state index contributed by atoms with van der Waals surface area (Å²) in [5, 5.41) is 2.87. The fourth-order valence-electron chi connectivity index (χ4n) is 2.66. The van der Waals surface area contributed by atoms with Crippen molar-refractivity contribution in [2.75, 3.05) is 5.32 Å². The number of anilines is 1. The molecule has 0 amide bonds. The summed E-state index contributed by atoms with van der Waals surface area (Å²) in [6.45, 7) is 0. The summed E-state index contributed by atoms with van der Waals surface area (Å²) in [5.41, 5.74) is 7.69. The molecule has 0 radical (unpaired) electrons. The minimum Gasteiger partial charge on any atom is -0.370 e. The number of rotatable bonds is 1. The lowest BCUT2D eigenvalue weighted by atomic mass is 10.1. The standard InChI is InChI=1S/C15H11F2N5/c16-9-5-8(6-10(17)7-9)13-20-14(18)21-15-19-11-3-1-2-4-12(11)22(13)15/h1-7,13H,(H3,18,19,20,21)/t13-/m1/s1. The zero-order chi connectivity index (χ0) is 15.3. The minimum atomic E-state index is -0.672. The van der Waals surface area contributed by atoms with E-state index in [-0.39, 0.29) is 5.96 Å². The number of aliphatic imine (C=N–C) groups is 1. The smallest absolute Gasteiger partial charge is 0.212 e. The number of nitrogens with one attached hydrogen (secondary N) is 1. The maximum absolute atomic E-state index is 13.5. The molecular weight excluding hydrogens is 288 g/mol. The zero-order valence-electron chi connectivity index (χ0n) is 11.3. The molecular formula is C15H11F2N5. The first kappa shape index (κ1) is 12.8. The third-order valence-corrected chi connectivity index (χ3v) is 3.52. The van der Waals surface area contributed by atoms with Gasteiger partial charge in [0.1, 0.15) is 11.6 Å². The van der Waals surface area contributed by atoms with Gasteiger partial charge in [-0.2, -0.15) is 0 Å². The number of halogens is 2. The Balaban J connectivity index is 1.98. The summed E-state index contributed by atoms with van der Waals surface area (Å²) in [7, 11) is 0. The fraction of sp³-hybridized carbons (Fsp3) is 0.0667. The van der Waals surface area contributed by atoms with Gasteiger partial charge < -0.3 is 5.73 Å².